The van der Waals surface area contributed by atoms with Gasteiger partial charge in [-0.3, -0.25) is 4.98 Å². The minimum atomic E-state index is -1.20. The Balaban J connectivity index is 2.17. The molecule has 0 bridgehead atoms. The first-order valence-corrected chi connectivity index (χ1v) is 5.00. The molecular weight excluding hydrogens is 179 g/mol. The number of rotatable bonds is 1. The third-order valence-electron chi connectivity index (χ3n) is 2.90. The van der Waals surface area contributed by atoms with Gasteiger partial charge in [-0.1, -0.05) is 6.07 Å². The zero-order chi connectivity index (χ0) is 10.0. The van der Waals surface area contributed by atoms with Crippen molar-refractivity contribution in [2.75, 3.05) is 20.1 Å². The first kappa shape index (κ1) is 9.59. The zero-order valence-electron chi connectivity index (χ0n) is 8.41. The van der Waals surface area contributed by atoms with Gasteiger partial charge in [0.2, 0.25) is 0 Å². The zero-order valence-corrected chi connectivity index (χ0v) is 8.41. The third kappa shape index (κ3) is 1.77. The van der Waals surface area contributed by atoms with Crippen molar-refractivity contribution in [2.24, 2.45) is 0 Å². The van der Waals surface area contributed by atoms with Crippen molar-refractivity contribution in [3.63, 3.8) is 0 Å². The van der Waals surface area contributed by atoms with Crippen LogP contribution in [-0.2, 0) is 5.67 Å². The SMILES string of the molecule is CN1CCC(F)(c2ccccn2)CC1. The summed E-state index contributed by atoms with van der Waals surface area (Å²) in [7, 11) is 2.03. The van der Waals surface area contributed by atoms with E-state index in [9.17, 15) is 4.39 Å². The molecule has 1 aromatic heterocycles. The number of aromatic nitrogens is 1. The lowest BCUT2D eigenvalue weighted by molar-refractivity contribution is 0.0634. The number of hydrogen-bond donors (Lipinski definition) is 0. The molecule has 0 aliphatic carbocycles. The Bertz CT molecular complexity index is 291. The fourth-order valence-electron chi connectivity index (χ4n) is 1.86. The van der Waals surface area contributed by atoms with Gasteiger partial charge in [-0.05, 0) is 32.0 Å². The minimum absolute atomic E-state index is 0.556. The molecule has 0 spiro atoms. The fourth-order valence-corrected chi connectivity index (χ4v) is 1.86. The van der Waals surface area contributed by atoms with Crippen molar-refractivity contribution in [2.45, 2.75) is 18.5 Å². The summed E-state index contributed by atoms with van der Waals surface area (Å²) in [5.74, 6) is 0. The summed E-state index contributed by atoms with van der Waals surface area (Å²) in [4.78, 5) is 6.26. The van der Waals surface area contributed by atoms with Gasteiger partial charge in [0, 0.05) is 19.3 Å². The Hall–Kier alpha value is -0.960. The van der Waals surface area contributed by atoms with Gasteiger partial charge in [0.1, 0.15) is 0 Å². The van der Waals surface area contributed by atoms with Crippen molar-refractivity contribution in [3.05, 3.63) is 30.1 Å². The highest BCUT2D eigenvalue weighted by molar-refractivity contribution is 5.14. The predicted octanol–water partition coefficient (Wildman–Crippen LogP) is 1.97. The molecular formula is C11H15FN2. The number of halogens is 1. The van der Waals surface area contributed by atoms with Crippen LogP contribution in [0.2, 0.25) is 0 Å². The van der Waals surface area contributed by atoms with Crippen LogP contribution in [0.5, 0.6) is 0 Å². The summed E-state index contributed by atoms with van der Waals surface area (Å²) in [6, 6.07) is 5.45. The summed E-state index contributed by atoms with van der Waals surface area (Å²) in [5.41, 5.74) is -0.610. The number of pyridine rings is 1. The lowest BCUT2D eigenvalue weighted by atomic mass is 9.90. The van der Waals surface area contributed by atoms with E-state index in [-0.39, 0.29) is 0 Å². The van der Waals surface area contributed by atoms with E-state index >= 15 is 0 Å². The summed E-state index contributed by atoms with van der Waals surface area (Å²) in [6.45, 7) is 1.63. The molecule has 0 N–H and O–H groups in total. The first-order chi connectivity index (χ1) is 6.71. The Kier molecular flexibility index (Phi) is 2.50. The van der Waals surface area contributed by atoms with Crippen LogP contribution in [0.15, 0.2) is 24.4 Å². The van der Waals surface area contributed by atoms with Crippen LogP contribution >= 0.6 is 0 Å². The van der Waals surface area contributed by atoms with E-state index in [1.54, 1.807) is 12.3 Å². The fraction of sp³-hybridized carbons (Fsp3) is 0.545. The van der Waals surface area contributed by atoms with Gasteiger partial charge in [0.15, 0.2) is 5.67 Å². The van der Waals surface area contributed by atoms with Gasteiger partial charge < -0.3 is 4.90 Å². The van der Waals surface area contributed by atoms with E-state index in [2.05, 4.69) is 9.88 Å². The van der Waals surface area contributed by atoms with Gasteiger partial charge in [0.05, 0.1) is 5.69 Å². The molecule has 3 heteroatoms. The Morgan fingerprint density at radius 2 is 2.07 bits per heavy atom. The van der Waals surface area contributed by atoms with Crippen LogP contribution in [0, 0.1) is 0 Å². The molecule has 1 aliphatic rings. The summed E-state index contributed by atoms with van der Waals surface area (Å²) in [5, 5.41) is 0. The predicted molar refractivity (Wildman–Crippen MR) is 53.8 cm³/mol. The second-order valence-corrected chi connectivity index (χ2v) is 3.98. The number of likely N-dealkylation sites (tertiary alicyclic amines) is 1. The van der Waals surface area contributed by atoms with Gasteiger partial charge in [-0.25, -0.2) is 4.39 Å². The van der Waals surface area contributed by atoms with E-state index in [1.807, 2.05) is 19.2 Å². The number of piperidine rings is 1. The summed E-state index contributed by atoms with van der Waals surface area (Å²) in [6.07, 6.45) is 2.77. The average Bonchev–Trinajstić information content (AvgIpc) is 2.24. The van der Waals surface area contributed by atoms with Crippen LogP contribution in [0.4, 0.5) is 4.39 Å². The van der Waals surface area contributed by atoms with Crippen LogP contribution < -0.4 is 0 Å². The molecule has 0 aromatic carbocycles. The molecule has 0 saturated carbocycles. The van der Waals surface area contributed by atoms with Gasteiger partial charge in [-0.15, -0.1) is 0 Å². The second kappa shape index (κ2) is 3.65. The van der Waals surface area contributed by atoms with Crippen molar-refractivity contribution < 1.29 is 4.39 Å². The molecule has 1 fully saturated rings. The topological polar surface area (TPSA) is 16.1 Å². The van der Waals surface area contributed by atoms with E-state index in [4.69, 9.17) is 0 Å². The lowest BCUT2D eigenvalue weighted by Gasteiger charge is -2.33. The van der Waals surface area contributed by atoms with Gasteiger partial charge >= 0.3 is 0 Å². The maximum absolute atomic E-state index is 14.4. The highest BCUT2D eigenvalue weighted by Crippen LogP contribution is 2.34. The molecule has 1 saturated heterocycles. The van der Waals surface area contributed by atoms with E-state index in [1.165, 1.54) is 0 Å². The standard InChI is InChI=1S/C11H15FN2/c1-14-8-5-11(12,6-9-14)10-4-2-3-7-13-10/h2-4,7H,5-6,8-9H2,1H3. The molecule has 2 nitrogen and oxygen atoms in total. The second-order valence-electron chi connectivity index (χ2n) is 3.98. The van der Waals surface area contributed by atoms with Crippen molar-refractivity contribution in [1.29, 1.82) is 0 Å². The minimum Gasteiger partial charge on any atom is -0.306 e. The maximum Gasteiger partial charge on any atom is 0.155 e. The van der Waals surface area contributed by atoms with Crippen LogP contribution in [0.25, 0.3) is 0 Å². The monoisotopic (exact) mass is 194 g/mol. The maximum atomic E-state index is 14.4. The normalized spacial score (nSPS) is 22.1. The molecule has 0 radical (unpaired) electrons. The largest absolute Gasteiger partial charge is 0.306 e. The van der Waals surface area contributed by atoms with Crippen LogP contribution in [-0.4, -0.2) is 30.0 Å². The summed E-state index contributed by atoms with van der Waals surface area (Å²) < 4.78 is 14.4. The van der Waals surface area contributed by atoms with E-state index in [0.717, 1.165) is 13.1 Å². The van der Waals surface area contributed by atoms with Crippen LogP contribution in [0.3, 0.4) is 0 Å². The Morgan fingerprint density at radius 1 is 1.36 bits per heavy atom. The highest BCUT2D eigenvalue weighted by Gasteiger charge is 2.36. The Morgan fingerprint density at radius 3 is 2.64 bits per heavy atom. The van der Waals surface area contributed by atoms with E-state index < -0.39 is 5.67 Å². The van der Waals surface area contributed by atoms with Gasteiger partial charge in [0.25, 0.3) is 0 Å². The van der Waals surface area contributed by atoms with Crippen LogP contribution in [0.1, 0.15) is 18.5 Å². The smallest absolute Gasteiger partial charge is 0.155 e. The highest BCUT2D eigenvalue weighted by atomic mass is 19.1. The van der Waals surface area contributed by atoms with Crippen molar-refractivity contribution >= 4 is 0 Å². The lowest BCUT2D eigenvalue weighted by Crippen LogP contribution is -2.38. The number of alkyl halides is 1. The van der Waals surface area contributed by atoms with Crippen molar-refractivity contribution in [1.82, 2.24) is 9.88 Å². The third-order valence-corrected chi connectivity index (χ3v) is 2.90. The molecule has 14 heavy (non-hydrogen) atoms. The molecule has 2 heterocycles. The molecule has 76 valence electrons. The van der Waals surface area contributed by atoms with Gasteiger partial charge in [-0.2, -0.15) is 0 Å². The van der Waals surface area contributed by atoms with E-state index in [0.29, 0.717) is 18.5 Å². The number of hydrogen-bond acceptors (Lipinski definition) is 2. The molecule has 2 rings (SSSR count). The molecule has 1 aliphatic heterocycles. The molecule has 0 atom stereocenters. The quantitative estimate of drug-likeness (QED) is 0.679. The van der Waals surface area contributed by atoms with Crippen molar-refractivity contribution in [3.8, 4) is 0 Å². The average molecular weight is 194 g/mol. The molecule has 0 amide bonds. The molecule has 0 unspecified atom stereocenters. The Labute approximate surface area is 83.8 Å². The molecule has 1 aromatic rings. The number of nitrogens with zero attached hydrogens (tertiary/aromatic N) is 2. The summed E-state index contributed by atoms with van der Waals surface area (Å²) >= 11 is 0. The first-order valence-electron chi connectivity index (χ1n) is 5.00.